The SMILES string of the molecule is [B]C1OC(CO)C(O)C1C. The normalized spacial score (nSPS) is 47.9. The van der Waals surface area contributed by atoms with E-state index in [1.54, 1.807) is 6.92 Å². The Labute approximate surface area is 61.4 Å². The van der Waals surface area contributed by atoms with Gasteiger partial charge in [-0.05, 0) is 0 Å². The summed E-state index contributed by atoms with van der Waals surface area (Å²) < 4.78 is 5.01. The monoisotopic (exact) mass is 142 g/mol. The molecule has 1 aliphatic heterocycles. The van der Waals surface area contributed by atoms with Crippen molar-refractivity contribution in [3.05, 3.63) is 0 Å². The van der Waals surface area contributed by atoms with E-state index in [0.717, 1.165) is 0 Å². The molecular formula is C6H11BO3. The number of rotatable bonds is 1. The van der Waals surface area contributed by atoms with Gasteiger partial charge in [-0.15, -0.1) is 0 Å². The predicted octanol–water partition coefficient (Wildman–Crippen LogP) is -1.13. The van der Waals surface area contributed by atoms with Crippen LogP contribution in [0.3, 0.4) is 0 Å². The van der Waals surface area contributed by atoms with E-state index < -0.39 is 18.2 Å². The summed E-state index contributed by atoms with van der Waals surface area (Å²) in [6, 6.07) is -0.438. The first-order valence-electron chi connectivity index (χ1n) is 3.36. The van der Waals surface area contributed by atoms with Crippen LogP contribution in [-0.4, -0.2) is 42.9 Å². The highest BCUT2D eigenvalue weighted by Gasteiger charge is 2.36. The van der Waals surface area contributed by atoms with Crippen molar-refractivity contribution in [1.29, 1.82) is 0 Å². The third-order valence-electron chi connectivity index (χ3n) is 1.95. The zero-order valence-corrected chi connectivity index (χ0v) is 5.90. The van der Waals surface area contributed by atoms with E-state index in [4.69, 9.17) is 17.7 Å². The van der Waals surface area contributed by atoms with E-state index in [0.29, 0.717) is 0 Å². The summed E-state index contributed by atoms with van der Waals surface area (Å²) in [5.74, 6) is -0.0860. The molecule has 4 unspecified atom stereocenters. The smallest absolute Gasteiger partial charge is 0.109 e. The Hall–Kier alpha value is -0.0551. The van der Waals surface area contributed by atoms with E-state index in [1.807, 2.05) is 0 Å². The minimum Gasteiger partial charge on any atom is -0.394 e. The van der Waals surface area contributed by atoms with Crippen LogP contribution in [0.2, 0.25) is 0 Å². The Kier molecular flexibility index (Phi) is 2.34. The zero-order valence-electron chi connectivity index (χ0n) is 5.90. The molecule has 2 N–H and O–H groups in total. The topological polar surface area (TPSA) is 49.7 Å². The van der Waals surface area contributed by atoms with Gasteiger partial charge in [-0.1, -0.05) is 6.92 Å². The second kappa shape index (κ2) is 2.90. The van der Waals surface area contributed by atoms with Gasteiger partial charge in [0.25, 0.3) is 0 Å². The second-order valence-electron chi connectivity index (χ2n) is 2.67. The predicted molar refractivity (Wildman–Crippen MR) is 36.7 cm³/mol. The van der Waals surface area contributed by atoms with Gasteiger partial charge in [-0.25, -0.2) is 0 Å². The molecule has 0 aromatic carbocycles. The van der Waals surface area contributed by atoms with Gasteiger partial charge in [-0.2, -0.15) is 0 Å². The fraction of sp³-hybridized carbons (Fsp3) is 1.00. The highest BCUT2D eigenvalue weighted by molar-refractivity contribution is 6.11. The van der Waals surface area contributed by atoms with Gasteiger partial charge in [-0.3, -0.25) is 0 Å². The fourth-order valence-electron chi connectivity index (χ4n) is 1.09. The Morgan fingerprint density at radius 1 is 1.60 bits per heavy atom. The fourth-order valence-corrected chi connectivity index (χ4v) is 1.09. The molecule has 1 aliphatic rings. The highest BCUT2D eigenvalue weighted by Crippen LogP contribution is 2.23. The highest BCUT2D eigenvalue weighted by atomic mass is 16.5. The maximum atomic E-state index is 9.26. The molecule has 0 spiro atoms. The lowest BCUT2D eigenvalue weighted by atomic mass is 9.86. The van der Waals surface area contributed by atoms with Gasteiger partial charge in [0, 0.05) is 11.9 Å². The molecule has 10 heavy (non-hydrogen) atoms. The lowest BCUT2D eigenvalue weighted by molar-refractivity contribution is -0.00490. The molecule has 1 heterocycles. The molecule has 0 aliphatic carbocycles. The van der Waals surface area contributed by atoms with E-state index in [2.05, 4.69) is 0 Å². The van der Waals surface area contributed by atoms with Gasteiger partial charge in [0.1, 0.15) is 14.0 Å². The first-order chi connectivity index (χ1) is 4.66. The Balaban J connectivity index is 2.53. The van der Waals surface area contributed by atoms with Gasteiger partial charge in [0.15, 0.2) is 0 Å². The number of aliphatic hydroxyl groups is 2. The first kappa shape index (κ1) is 8.05. The van der Waals surface area contributed by atoms with Crippen molar-refractivity contribution in [2.45, 2.75) is 25.1 Å². The summed E-state index contributed by atoms with van der Waals surface area (Å²) in [5.41, 5.74) is 0. The van der Waals surface area contributed by atoms with Crippen molar-refractivity contribution in [2.24, 2.45) is 5.92 Å². The minimum absolute atomic E-state index is 0.0860. The molecule has 4 atom stereocenters. The van der Waals surface area contributed by atoms with Crippen LogP contribution < -0.4 is 0 Å². The molecule has 1 saturated heterocycles. The third kappa shape index (κ3) is 1.19. The summed E-state index contributed by atoms with van der Waals surface area (Å²) in [6.45, 7) is 1.63. The lowest BCUT2D eigenvalue weighted by Crippen LogP contribution is -2.28. The Morgan fingerprint density at radius 3 is 2.40 bits per heavy atom. The average Bonchev–Trinajstić information content (AvgIpc) is 2.17. The maximum Gasteiger partial charge on any atom is 0.109 e. The minimum atomic E-state index is -0.625. The Bertz CT molecular complexity index is 120. The van der Waals surface area contributed by atoms with Gasteiger partial charge in [0.05, 0.1) is 12.7 Å². The molecule has 0 amide bonds. The standard InChI is InChI=1S/C6H11BO3/c1-3-5(9)4(2-8)10-6(3)7/h3-6,8-9H,2H2,1H3. The van der Waals surface area contributed by atoms with Gasteiger partial charge >= 0.3 is 0 Å². The van der Waals surface area contributed by atoms with Gasteiger partial charge in [0.2, 0.25) is 0 Å². The quantitative estimate of drug-likeness (QED) is 0.455. The molecule has 56 valence electrons. The number of hydrogen-bond donors (Lipinski definition) is 2. The van der Waals surface area contributed by atoms with Crippen LogP contribution >= 0.6 is 0 Å². The molecule has 0 saturated carbocycles. The van der Waals surface area contributed by atoms with Crippen molar-refractivity contribution < 1.29 is 14.9 Å². The average molecular weight is 142 g/mol. The molecular weight excluding hydrogens is 131 g/mol. The van der Waals surface area contributed by atoms with E-state index in [1.165, 1.54) is 0 Å². The number of ether oxygens (including phenoxy) is 1. The van der Waals surface area contributed by atoms with E-state index in [9.17, 15) is 5.11 Å². The first-order valence-corrected chi connectivity index (χ1v) is 3.36. The molecule has 1 rings (SSSR count). The molecule has 4 heteroatoms. The van der Waals surface area contributed by atoms with Crippen LogP contribution in [0.5, 0.6) is 0 Å². The van der Waals surface area contributed by atoms with Crippen molar-refractivity contribution >= 4 is 7.85 Å². The van der Waals surface area contributed by atoms with Crippen molar-refractivity contribution in [3.8, 4) is 0 Å². The van der Waals surface area contributed by atoms with E-state index >= 15 is 0 Å². The van der Waals surface area contributed by atoms with Crippen molar-refractivity contribution in [2.75, 3.05) is 6.61 Å². The van der Waals surface area contributed by atoms with Gasteiger partial charge < -0.3 is 14.9 Å². The Morgan fingerprint density at radius 2 is 2.20 bits per heavy atom. The van der Waals surface area contributed by atoms with Crippen LogP contribution in [0.4, 0.5) is 0 Å². The molecule has 1 fully saturated rings. The summed E-state index contributed by atoms with van der Waals surface area (Å²) in [4.78, 5) is 0. The zero-order chi connectivity index (χ0) is 7.72. The molecule has 3 nitrogen and oxygen atoms in total. The van der Waals surface area contributed by atoms with Crippen LogP contribution in [0.15, 0.2) is 0 Å². The number of aliphatic hydroxyl groups excluding tert-OH is 2. The number of hydrogen-bond acceptors (Lipinski definition) is 3. The van der Waals surface area contributed by atoms with Crippen LogP contribution in [0.1, 0.15) is 6.92 Å². The molecule has 0 aromatic rings. The molecule has 0 bridgehead atoms. The summed E-state index contributed by atoms with van der Waals surface area (Å²) >= 11 is 0. The van der Waals surface area contributed by atoms with Crippen molar-refractivity contribution in [3.63, 3.8) is 0 Å². The van der Waals surface area contributed by atoms with Crippen molar-refractivity contribution in [1.82, 2.24) is 0 Å². The summed E-state index contributed by atoms with van der Waals surface area (Å²) in [7, 11) is 5.44. The van der Waals surface area contributed by atoms with Crippen LogP contribution in [0.25, 0.3) is 0 Å². The summed E-state index contributed by atoms with van der Waals surface area (Å²) in [5, 5.41) is 17.9. The van der Waals surface area contributed by atoms with E-state index in [-0.39, 0.29) is 12.5 Å². The molecule has 0 aromatic heterocycles. The largest absolute Gasteiger partial charge is 0.394 e. The third-order valence-corrected chi connectivity index (χ3v) is 1.95. The lowest BCUT2D eigenvalue weighted by Gasteiger charge is -2.11. The maximum absolute atomic E-state index is 9.26. The van der Waals surface area contributed by atoms with Crippen LogP contribution in [0, 0.1) is 5.92 Å². The summed E-state index contributed by atoms with van der Waals surface area (Å²) in [6.07, 6.45) is -1.12. The van der Waals surface area contributed by atoms with Crippen LogP contribution in [-0.2, 0) is 4.74 Å². The molecule has 2 radical (unpaired) electrons. The second-order valence-corrected chi connectivity index (χ2v) is 2.67.